The molecular weight excluding hydrogens is 601 g/mol. The molecule has 2 aliphatic heterocycles. The number of hydrogen-bond acceptors (Lipinski definition) is 8. The summed E-state index contributed by atoms with van der Waals surface area (Å²) in [6.45, 7) is 16.6. The van der Waals surface area contributed by atoms with Crippen LogP contribution in [0.2, 0.25) is 18.1 Å². The number of aryl methyl sites for hydroxylation is 1. The highest BCUT2D eigenvalue weighted by molar-refractivity contribution is 6.74. The number of morpholine rings is 1. The van der Waals surface area contributed by atoms with Crippen molar-refractivity contribution in [3.8, 4) is 11.3 Å². The molecule has 0 aliphatic carbocycles. The zero-order valence-corrected chi connectivity index (χ0v) is 27.6. The van der Waals surface area contributed by atoms with Gasteiger partial charge in [-0.05, 0) is 43.3 Å². The number of hydrogen-bond donors (Lipinski definition) is 2. The largest absolute Gasteiger partial charge is 0.416 e. The second-order valence-corrected chi connectivity index (χ2v) is 18.2. The van der Waals surface area contributed by atoms with E-state index in [-0.39, 0.29) is 23.3 Å². The van der Waals surface area contributed by atoms with Crippen molar-refractivity contribution in [1.29, 1.82) is 0 Å². The van der Waals surface area contributed by atoms with Gasteiger partial charge in [-0.2, -0.15) is 17.7 Å². The lowest BCUT2D eigenvalue weighted by Gasteiger charge is -2.46. The number of nitrogens with zero attached hydrogens (tertiary/aromatic N) is 6. The molecule has 6 rings (SSSR count). The molecule has 4 aromatic rings. The van der Waals surface area contributed by atoms with Crippen molar-refractivity contribution in [3.63, 3.8) is 0 Å². The Morgan fingerprint density at radius 2 is 1.87 bits per heavy atom. The first-order valence-corrected chi connectivity index (χ1v) is 18.2. The van der Waals surface area contributed by atoms with E-state index in [0.717, 1.165) is 17.3 Å². The molecule has 0 atom stereocenters. The highest BCUT2D eigenvalue weighted by atomic mass is 28.4. The third kappa shape index (κ3) is 6.33. The van der Waals surface area contributed by atoms with Gasteiger partial charge in [-0.1, -0.05) is 26.8 Å². The third-order valence-electron chi connectivity index (χ3n) is 9.18. The molecule has 1 aromatic carbocycles. The molecule has 2 fully saturated rings. The van der Waals surface area contributed by atoms with E-state index in [2.05, 4.69) is 54.0 Å². The number of anilines is 3. The van der Waals surface area contributed by atoms with E-state index in [1.54, 1.807) is 23.1 Å². The van der Waals surface area contributed by atoms with Crippen molar-refractivity contribution in [3.05, 3.63) is 53.6 Å². The number of likely N-dealkylation sites (tertiary alicyclic amines) is 1. The first kappa shape index (κ1) is 31.5. The molecular formula is C31H41F3N8O2Si. The minimum Gasteiger partial charge on any atom is -0.411 e. The van der Waals surface area contributed by atoms with Crippen LogP contribution >= 0.6 is 0 Å². The van der Waals surface area contributed by atoms with Gasteiger partial charge in [0.2, 0.25) is 0 Å². The van der Waals surface area contributed by atoms with Gasteiger partial charge in [0.05, 0.1) is 48.8 Å². The Hall–Kier alpha value is -3.46. The molecule has 0 bridgehead atoms. The smallest absolute Gasteiger partial charge is 0.411 e. The SMILES string of the molecule is Cc1nc2c(-c3cnc[nH]3)cc(N3CCOCC3)nn2c1Nc1cccc(C(F)(F)F)c1CN1CC(O[Si](C)(C)C(C)(C)C)C1. The second kappa shape index (κ2) is 11.7. The Morgan fingerprint density at radius 1 is 1.13 bits per heavy atom. The Balaban J connectivity index is 1.35. The van der Waals surface area contributed by atoms with Crippen LogP contribution in [0, 0.1) is 6.92 Å². The molecule has 5 heterocycles. The maximum atomic E-state index is 14.4. The lowest BCUT2D eigenvalue weighted by molar-refractivity contribution is -0.138. The second-order valence-electron chi connectivity index (χ2n) is 13.4. The van der Waals surface area contributed by atoms with E-state index in [4.69, 9.17) is 19.2 Å². The minimum atomic E-state index is -4.51. The molecule has 2 saturated heterocycles. The standard InChI is InChI=1S/C31H41F3N8O2Si/c1-20-28(42-29(37-20)22(26-15-35-19-36-26)14-27(39-42)41-10-12-43-13-11-41)38-25-9-7-8-24(31(32,33)34)23(25)18-40-16-21(17-40)44-45(5,6)30(2,3)4/h7-9,14-15,19,21,38H,10-13,16-18H2,1-6H3,(H,35,36). The van der Waals surface area contributed by atoms with E-state index in [1.165, 1.54) is 6.07 Å². The van der Waals surface area contributed by atoms with Crippen LogP contribution in [-0.2, 0) is 21.9 Å². The number of alkyl halides is 3. The summed E-state index contributed by atoms with van der Waals surface area (Å²) in [5.74, 6) is 1.22. The van der Waals surface area contributed by atoms with Crippen molar-refractivity contribution in [2.24, 2.45) is 0 Å². The quantitative estimate of drug-likeness (QED) is 0.219. The van der Waals surface area contributed by atoms with Crippen molar-refractivity contribution in [1.82, 2.24) is 29.5 Å². The summed E-state index contributed by atoms with van der Waals surface area (Å²) < 4.78 is 56.9. The van der Waals surface area contributed by atoms with Crippen LogP contribution in [0.3, 0.4) is 0 Å². The summed E-state index contributed by atoms with van der Waals surface area (Å²) in [4.78, 5) is 16.3. The molecule has 0 radical (unpaired) electrons. The molecule has 0 saturated carbocycles. The Kier molecular flexibility index (Phi) is 8.21. The fraction of sp³-hybridized carbons (Fsp3) is 0.516. The zero-order chi connectivity index (χ0) is 32.1. The van der Waals surface area contributed by atoms with Gasteiger partial charge in [0, 0.05) is 49.5 Å². The molecule has 2 aliphatic rings. The monoisotopic (exact) mass is 642 g/mol. The molecule has 10 nitrogen and oxygen atoms in total. The number of imidazole rings is 2. The molecule has 0 spiro atoms. The number of fused-ring (bicyclic) bond motifs is 1. The van der Waals surface area contributed by atoms with Crippen LogP contribution in [0.5, 0.6) is 0 Å². The highest BCUT2D eigenvalue weighted by Crippen LogP contribution is 2.41. The van der Waals surface area contributed by atoms with Gasteiger partial charge in [0.15, 0.2) is 25.6 Å². The number of nitrogens with one attached hydrogen (secondary N) is 2. The van der Waals surface area contributed by atoms with E-state index in [0.29, 0.717) is 68.1 Å². The number of halogens is 3. The molecule has 45 heavy (non-hydrogen) atoms. The number of aromatic amines is 1. The maximum Gasteiger partial charge on any atom is 0.416 e. The van der Waals surface area contributed by atoms with Gasteiger partial charge in [-0.25, -0.2) is 9.97 Å². The molecule has 2 N–H and O–H groups in total. The summed E-state index contributed by atoms with van der Waals surface area (Å²) in [7, 11) is -1.98. The third-order valence-corrected chi connectivity index (χ3v) is 13.7. The van der Waals surface area contributed by atoms with Gasteiger partial charge in [0.25, 0.3) is 0 Å². The first-order chi connectivity index (χ1) is 21.2. The maximum absolute atomic E-state index is 14.4. The highest BCUT2D eigenvalue weighted by Gasteiger charge is 2.43. The van der Waals surface area contributed by atoms with Crippen molar-refractivity contribution >= 4 is 31.3 Å². The fourth-order valence-corrected chi connectivity index (χ4v) is 6.95. The average Bonchev–Trinajstić information content (AvgIpc) is 3.59. The minimum absolute atomic E-state index is 0.0186. The average molecular weight is 643 g/mol. The predicted octanol–water partition coefficient (Wildman–Crippen LogP) is 6.23. The van der Waals surface area contributed by atoms with Gasteiger partial charge in [-0.3, -0.25) is 4.90 Å². The van der Waals surface area contributed by atoms with Gasteiger partial charge in [0.1, 0.15) is 0 Å². The van der Waals surface area contributed by atoms with Crippen LogP contribution in [-0.4, -0.2) is 83.3 Å². The van der Waals surface area contributed by atoms with Crippen molar-refractivity contribution < 1.29 is 22.3 Å². The number of ether oxygens (including phenoxy) is 1. The Morgan fingerprint density at radius 3 is 2.51 bits per heavy atom. The van der Waals surface area contributed by atoms with Crippen LogP contribution in [0.15, 0.2) is 36.8 Å². The number of aromatic nitrogens is 5. The van der Waals surface area contributed by atoms with Crippen LogP contribution < -0.4 is 10.2 Å². The molecule has 3 aromatic heterocycles. The topological polar surface area (TPSA) is 95.8 Å². The van der Waals surface area contributed by atoms with E-state index < -0.39 is 20.1 Å². The lowest BCUT2D eigenvalue weighted by Crippen LogP contribution is -2.57. The summed E-state index contributed by atoms with van der Waals surface area (Å²) in [6, 6.07) is 6.24. The Labute approximate surface area is 262 Å². The molecule has 14 heteroatoms. The Bertz CT molecular complexity index is 1650. The molecule has 242 valence electrons. The fourth-order valence-electron chi connectivity index (χ4n) is 5.62. The lowest BCUT2D eigenvalue weighted by atomic mass is 10.0. The summed E-state index contributed by atoms with van der Waals surface area (Å²) in [5, 5.41) is 8.30. The zero-order valence-electron chi connectivity index (χ0n) is 26.6. The summed E-state index contributed by atoms with van der Waals surface area (Å²) in [6.07, 6.45) is -1.18. The molecule has 0 amide bonds. The normalized spacial score (nSPS) is 17.2. The van der Waals surface area contributed by atoms with Crippen LogP contribution in [0.25, 0.3) is 16.9 Å². The number of benzene rings is 1. The molecule has 0 unspecified atom stereocenters. The van der Waals surface area contributed by atoms with E-state index >= 15 is 0 Å². The predicted molar refractivity (Wildman–Crippen MR) is 170 cm³/mol. The summed E-state index contributed by atoms with van der Waals surface area (Å²) in [5.41, 5.74) is 2.62. The van der Waals surface area contributed by atoms with Gasteiger partial charge in [-0.15, -0.1) is 5.10 Å². The van der Waals surface area contributed by atoms with Gasteiger partial charge >= 0.3 is 6.18 Å². The number of H-pyrrole nitrogens is 1. The summed E-state index contributed by atoms with van der Waals surface area (Å²) >= 11 is 0. The van der Waals surface area contributed by atoms with Crippen LogP contribution in [0.1, 0.15) is 37.6 Å². The van der Waals surface area contributed by atoms with E-state index in [9.17, 15) is 13.2 Å². The van der Waals surface area contributed by atoms with Gasteiger partial charge < -0.3 is 24.4 Å². The van der Waals surface area contributed by atoms with Crippen molar-refractivity contribution in [2.75, 3.05) is 49.6 Å². The number of rotatable bonds is 8. The van der Waals surface area contributed by atoms with Crippen molar-refractivity contribution in [2.45, 2.75) is 64.7 Å². The van der Waals surface area contributed by atoms with Crippen LogP contribution in [0.4, 0.5) is 30.5 Å². The first-order valence-electron chi connectivity index (χ1n) is 15.3. The van der Waals surface area contributed by atoms with E-state index in [1.807, 2.05) is 17.9 Å².